The number of likely N-dealkylation sites (tertiary alicyclic amines) is 5. The van der Waals surface area contributed by atoms with E-state index in [2.05, 4.69) is 142 Å². The van der Waals surface area contributed by atoms with Crippen LogP contribution in [-0.2, 0) is 0 Å². The van der Waals surface area contributed by atoms with Crippen LogP contribution in [0.2, 0.25) is 0 Å². The summed E-state index contributed by atoms with van der Waals surface area (Å²) in [6.45, 7) is 51.3. The summed E-state index contributed by atoms with van der Waals surface area (Å²) in [6, 6.07) is 1.19. The van der Waals surface area contributed by atoms with Crippen molar-refractivity contribution in [3.05, 3.63) is 0 Å². The predicted octanol–water partition coefficient (Wildman–Crippen LogP) is 8.72. The van der Waals surface area contributed by atoms with Crippen LogP contribution < -0.4 is 22.9 Å². The van der Waals surface area contributed by atoms with E-state index in [1.807, 2.05) is 0 Å². The Bertz CT molecular complexity index is 1020. The van der Waals surface area contributed by atoms with Crippen molar-refractivity contribution in [3.8, 4) is 0 Å². The quantitative estimate of drug-likeness (QED) is 0.217. The molecule has 0 unspecified atom stereocenters. The number of nitrogens with two attached hydrogens (primary N) is 4. The first kappa shape index (κ1) is 59.7. The predicted molar refractivity (Wildman–Crippen MR) is 262 cm³/mol. The zero-order valence-electron chi connectivity index (χ0n) is 40.9. The van der Waals surface area contributed by atoms with Gasteiger partial charge in [-0.3, -0.25) is 24.5 Å². The summed E-state index contributed by atoms with van der Waals surface area (Å²) in [4.78, 5) is 12.5. The van der Waals surface area contributed by atoms with Crippen molar-refractivity contribution in [1.29, 1.82) is 0 Å². The summed E-state index contributed by atoms with van der Waals surface area (Å²) in [5.41, 5.74) is 24.9. The van der Waals surface area contributed by atoms with Gasteiger partial charge in [0.25, 0.3) is 0 Å². The van der Waals surface area contributed by atoms with Crippen LogP contribution in [0.15, 0.2) is 0 Å². The molecule has 0 saturated carbocycles. The molecule has 6 atom stereocenters. The third kappa shape index (κ3) is 23.2. The van der Waals surface area contributed by atoms with Crippen molar-refractivity contribution in [1.82, 2.24) is 24.5 Å². The molecule has 9 heteroatoms. The van der Waals surface area contributed by atoms with Crippen molar-refractivity contribution in [2.75, 3.05) is 72.0 Å². The lowest BCUT2D eigenvalue weighted by Gasteiger charge is -2.43. The van der Waals surface area contributed by atoms with Crippen molar-refractivity contribution >= 4 is 0 Å². The van der Waals surface area contributed by atoms with Crippen LogP contribution in [0.3, 0.4) is 0 Å². The summed E-state index contributed by atoms with van der Waals surface area (Å²) in [5.74, 6) is 2.40. The normalized spacial score (nSPS) is 28.5. The maximum absolute atomic E-state index is 6.02. The topological polar surface area (TPSA) is 120 Å². The molecule has 5 fully saturated rings. The van der Waals surface area contributed by atoms with Gasteiger partial charge >= 0.3 is 0 Å². The average Bonchev–Trinajstić information content (AvgIpc) is 3.76. The molecule has 0 aliphatic carbocycles. The van der Waals surface area contributed by atoms with Gasteiger partial charge < -0.3 is 22.9 Å². The zero-order chi connectivity index (χ0) is 43.3. The molecule has 9 nitrogen and oxygen atoms in total. The van der Waals surface area contributed by atoms with Crippen LogP contribution in [0.1, 0.15) is 184 Å². The molecule has 8 N–H and O–H groups in total. The monoisotopic (exact) mass is 826 g/mol. The molecule has 58 heavy (non-hydrogen) atoms. The Morgan fingerprint density at radius 3 is 1.10 bits per heavy atom. The van der Waals surface area contributed by atoms with Gasteiger partial charge in [-0.1, -0.05) is 35.1 Å². The largest absolute Gasteiger partial charge is 0.330 e. The Morgan fingerprint density at radius 2 is 0.776 bits per heavy atom. The summed E-state index contributed by atoms with van der Waals surface area (Å²) in [7, 11) is 0. The molecule has 0 amide bonds. The third-order valence-electron chi connectivity index (χ3n) is 13.2. The Hall–Kier alpha value is -0.360. The van der Waals surface area contributed by atoms with E-state index in [9.17, 15) is 0 Å². The molecule has 0 spiro atoms. The number of rotatable bonds is 2. The van der Waals surface area contributed by atoms with Crippen LogP contribution in [-0.4, -0.2) is 142 Å². The van der Waals surface area contributed by atoms with E-state index < -0.39 is 0 Å². The van der Waals surface area contributed by atoms with Crippen LogP contribution >= 0.6 is 0 Å². The third-order valence-corrected chi connectivity index (χ3v) is 13.2. The summed E-state index contributed by atoms with van der Waals surface area (Å²) < 4.78 is 0. The highest BCUT2D eigenvalue weighted by Gasteiger charge is 2.31. The lowest BCUT2D eigenvalue weighted by molar-refractivity contribution is 0.0778. The van der Waals surface area contributed by atoms with E-state index in [-0.39, 0.29) is 20.4 Å². The highest BCUT2D eigenvalue weighted by atomic mass is 15.2. The Balaban J connectivity index is 0. The molecule has 0 aromatic heterocycles. The number of piperidine rings is 3. The second-order valence-corrected chi connectivity index (χ2v) is 23.3. The van der Waals surface area contributed by atoms with Crippen molar-refractivity contribution in [2.45, 2.75) is 230 Å². The Labute approximate surface area is 365 Å². The molecule has 5 heterocycles. The van der Waals surface area contributed by atoms with Gasteiger partial charge in [0.05, 0.1) is 0 Å². The van der Waals surface area contributed by atoms with Gasteiger partial charge in [0.2, 0.25) is 0 Å². The molecule has 5 aliphatic heterocycles. The highest BCUT2D eigenvalue weighted by molar-refractivity contribution is 4.89. The molecule has 0 bridgehead atoms. The van der Waals surface area contributed by atoms with Crippen molar-refractivity contribution < 1.29 is 0 Å². The van der Waals surface area contributed by atoms with Crippen molar-refractivity contribution in [2.24, 2.45) is 40.7 Å². The number of hydrogen-bond donors (Lipinski definition) is 4. The lowest BCUT2D eigenvalue weighted by atomic mass is 9.91. The smallest absolute Gasteiger partial charge is 0.0194 e. The minimum atomic E-state index is 0. The number of nitrogens with zero attached hydrogens (tertiary/aromatic N) is 5. The minimum absolute atomic E-state index is 0. The van der Waals surface area contributed by atoms with Gasteiger partial charge in [0.1, 0.15) is 0 Å². The number of hydrogen-bond acceptors (Lipinski definition) is 9. The summed E-state index contributed by atoms with van der Waals surface area (Å²) >= 11 is 0. The Kier molecular flexibility index (Phi) is 27.1. The lowest BCUT2D eigenvalue weighted by Crippen LogP contribution is -2.54. The van der Waals surface area contributed by atoms with Crippen LogP contribution in [0.4, 0.5) is 0 Å². The highest BCUT2D eigenvalue weighted by Crippen LogP contribution is 2.26. The first-order chi connectivity index (χ1) is 25.5. The van der Waals surface area contributed by atoms with E-state index in [0.29, 0.717) is 46.2 Å². The SMILES string of the molecule is C.C.CC(C)(C)N1CCC[C@@H](N)C1.CC(C)(C)N1CC[C@@H](N)C1.CC(C)(C)N1CC[C@H](CN)C1.CC[C@@H]1CCCN(C(C)(C)C)C1.C[C@H]1CCN(C(C)(C)C)C[C@@H]1N. The fourth-order valence-corrected chi connectivity index (χ4v) is 8.37. The first-order valence-corrected chi connectivity index (χ1v) is 23.2. The first-order valence-electron chi connectivity index (χ1n) is 23.2. The fraction of sp³-hybridized carbons (Fsp3) is 1.00. The van der Waals surface area contributed by atoms with E-state index >= 15 is 0 Å². The molecule has 0 aromatic carbocycles. The second kappa shape index (κ2) is 26.3. The maximum Gasteiger partial charge on any atom is 0.0194 e. The summed E-state index contributed by atoms with van der Waals surface area (Å²) in [6.07, 6.45) is 10.4. The van der Waals surface area contributed by atoms with Gasteiger partial charge in [-0.05, 0) is 199 Å². The van der Waals surface area contributed by atoms with E-state index in [0.717, 1.165) is 44.4 Å². The summed E-state index contributed by atoms with van der Waals surface area (Å²) in [5, 5.41) is 0. The van der Waals surface area contributed by atoms with Gasteiger partial charge in [-0.25, -0.2) is 0 Å². The standard InChI is InChI=1S/C11H23N.C10H22N2.2C9H20N2.C8H18N2.2CH4/c1-5-10-7-6-8-12(9-10)11(2,3)4;1-8-5-6-12(7-9(8)11)10(2,3)4;1-9(2,3)11-5-4-8(6-10)7-11;1-9(2,3)11-6-4-5-8(10)7-11;1-8(2,3)10-5-4-7(9)6-10;;/h10H,5-9H2,1-4H3;8-9H,5-7,11H2,1-4H3;2*8H,4-7,10H2,1-3H3;7H,4-6,9H2,1-3H3;2*1H4/t10-;8-,9-;2*8-;7-;;/m10111../s1. The molecular formula is C49H111N9. The average molecular weight is 826 g/mol. The van der Waals surface area contributed by atoms with Crippen LogP contribution in [0.5, 0.6) is 0 Å². The van der Waals surface area contributed by atoms with E-state index in [1.165, 1.54) is 90.8 Å². The van der Waals surface area contributed by atoms with Gasteiger partial charge in [0, 0.05) is 85.1 Å². The van der Waals surface area contributed by atoms with Crippen molar-refractivity contribution in [3.63, 3.8) is 0 Å². The van der Waals surface area contributed by atoms with E-state index in [4.69, 9.17) is 22.9 Å². The fourth-order valence-electron chi connectivity index (χ4n) is 8.37. The van der Waals surface area contributed by atoms with Gasteiger partial charge in [-0.2, -0.15) is 0 Å². The molecule has 5 saturated heterocycles. The van der Waals surface area contributed by atoms with Gasteiger partial charge in [0.15, 0.2) is 0 Å². The second-order valence-electron chi connectivity index (χ2n) is 23.3. The zero-order valence-corrected chi connectivity index (χ0v) is 40.9. The minimum Gasteiger partial charge on any atom is -0.330 e. The van der Waals surface area contributed by atoms with Gasteiger partial charge in [-0.15, -0.1) is 0 Å². The Morgan fingerprint density at radius 1 is 0.431 bits per heavy atom. The maximum atomic E-state index is 6.02. The van der Waals surface area contributed by atoms with Crippen LogP contribution in [0, 0.1) is 17.8 Å². The molecule has 0 radical (unpaired) electrons. The molecule has 0 aromatic rings. The van der Waals surface area contributed by atoms with Crippen LogP contribution in [0.25, 0.3) is 0 Å². The molecule has 352 valence electrons. The molecule has 5 aliphatic rings. The molecule has 5 rings (SSSR count). The van der Waals surface area contributed by atoms with E-state index in [1.54, 1.807) is 0 Å². The molecular weight excluding hydrogens is 715 g/mol.